The van der Waals surface area contributed by atoms with Crippen LogP contribution in [0.25, 0.3) is 0 Å². The molecule has 0 radical (unpaired) electrons. The lowest BCUT2D eigenvalue weighted by atomic mass is 9.79. The van der Waals surface area contributed by atoms with Crippen molar-refractivity contribution in [2.75, 3.05) is 11.9 Å². The second kappa shape index (κ2) is 6.69. The molecule has 0 saturated heterocycles. The number of Topliss-reactive ketones (excluding diaryl/α,β-unsaturated/α-hetero) is 1. The molecule has 0 amide bonds. The van der Waals surface area contributed by atoms with Gasteiger partial charge in [-0.1, -0.05) is 22.4 Å². The summed E-state index contributed by atoms with van der Waals surface area (Å²) in [6.07, 6.45) is 2.29. The summed E-state index contributed by atoms with van der Waals surface area (Å²) in [5, 5.41) is 0.821. The molecule has 1 aromatic rings. The van der Waals surface area contributed by atoms with Gasteiger partial charge < -0.3 is 4.74 Å². The molecule has 0 heterocycles. The number of carbonyl (C=O) groups excluding carboxylic acids is 2. The Bertz CT molecular complexity index is 558. The minimum atomic E-state index is -1.17. The third-order valence-electron chi connectivity index (χ3n) is 3.89. The van der Waals surface area contributed by atoms with Crippen LogP contribution in [0.1, 0.15) is 42.1 Å². The van der Waals surface area contributed by atoms with Crippen molar-refractivity contribution in [2.45, 2.75) is 32.6 Å². The summed E-state index contributed by atoms with van der Waals surface area (Å²) in [4.78, 5) is 25.1. The van der Waals surface area contributed by atoms with Gasteiger partial charge >= 0.3 is 5.97 Å². The number of hydrogen-bond donors (Lipinski definition) is 0. The van der Waals surface area contributed by atoms with Crippen LogP contribution in [-0.4, -0.2) is 23.7 Å². The number of carbonyl (C=O) groups is 2. The van der Waals surface area contributed by atoms with Crippen molar-refractivity contribution >= 4 is 27.7 Å². The van der Waals surface area contributed by atoms with E-state index in [0.29, 0.717) is 17.5 Å². The van der Waals surface area contributed by atoms with E-state index in [-0.39, 0.29) is 24.6 Å². The molecule has 0 aromatic heterocycles. The van der Waals surface area contributed by atoms with Gasteiger partial charge in [0.15, 0.2) is 5.78 Å². The number of esters is 1. The monoisotopic (exact) mass is 356 g/mol. The molecular weight excluding hydrogens is 339 g/mol. The van der Waals surface area contributed by atoms with Crippen molar-refractivity contribution in [2.24, 2.45) is 5.41 Å². The predicted octanol–water partition coefficient (Wildman–Crippen LogP) is 3.68. The summed E-state index contributed by atoms with van der Waals surface area (Å²) >= 11 is 3.35. The normalized spacial score (nSPS) is 20.4. The van der Waals surface area contributed by atoms with Crippen LogP contribution in [0.2, 0.25) is 0 Å². The Balaban J connectivity index is 2.34. The lowest BCUT2D eigenvalue weighted by Crippen LogP contribution is -2.38. The van der Waals surface area contributed by atoms with Crippen LogP contribution in [0, 0.1) is 11.2 Å². The molecule has 1 aliphatic rings. The molecule has 0 bridgehead atoms. The van der Waals surface area contributed by atoms with E-state index in [1.165, 1.54) is 18.2 Å². The Morgan fingerprint density at radius 3 is 2.86 bits per heavy atom. The summed E-state index contributed by atoms with van der Waals surface area (Å²) in [6.45, 7) is 1.95. The molecule has 1 atom stereocenters. The maximum absolute atomic E-state index is 13.4. The minimum absolute atomic E-state index is 0.231. The first-order valence-corrected chi connectivity index (χ1v) is 8.23. The van der Waals surface area contributed by atoms with Crippen molar-refractivity contribution in [3.8, 4) is 0 Å². The fraction of sp³-hybridized carbons (Fsp3) is 0.500. The van der Waals surface area contributed by atoms with E-state index in [9.17, 15) is 14.0 Å². The second-order valence-electron chi connectivity index (χ2n) is 5.26. The average Bonchev–Trinajstić information content (AvgIpc) is 2.73. The van der Waals surface area contributed by atoms with Gasteiger partial charge in [-0.15, -0.1) is 0 Å². The SMILES string of the molecule is CCOC(=O)C1(CCCCBr)Cc2cc(F)ccc2C1=O. The van der Waals surface area contributed by atoms with Gasteiger partial charge in [-0.25, -0.2) is 4.39 Å². The van der Waals surface area contributed by atoms with Gasteiger partial charge in [0, 0.05) is 10.9 Å². The van der Waals surface area contributed by atoms with Gasteiger partial charge in [0.05, 0.1) is 6.61 Å². The summed E-state index contributed by atoms with van der Waals surface area (Å²) in [5.41, 5.74) is -0.121. The minimum Gasteiger partial charge on any atom is -0.465 e. The van der Waals surface area contributed by atoms with E-state index >= 15 is 0 Å². The number of ketones is 1. The molecule has 0 spiro atoms. The van der Waals surface area contributed by atoms with Crippen molar-refractivity contribution in [1.82, 2.24) is 0 Å². The van der Waals surface area contributed by atoms with Crippen molar-refractivity contribution in [3.63, 3.8) is 0 Å². The van der Waals surface area contributed by atoms with Gasteiger partial charge in [-0.3, -0.25) is 9.59 Å². The summed E-state index contributed by atoms with van der Waals surface area (Å²) in [5.74, 6) is -1.10. The number of halogens is 2. The Morgan fingerprint density at radius 2 is 2.19 bits per heavy atom. The number of alkyl halides is 1. The molecule has 0 N–H and O–H groups in total. The highest BCUT2D eigenvalue weighted by Crippen LogP contribution is 2.42. The van der Waals surface area contributed by atoms with Crippen LogP contribution in [-0.2, 0) is 16.0 Å². The molecule has 0 saturated carbocycles. The Labute approximate surface area is 132 Å². The quantitative estimate of drug-likeness (QED) is 0.338. The largest absolute Gasteiger partial charge is 0.465 e. The molecule has 0 fully saturated rings. The molecule has 2 rings (SSSR count). The van der Waals surface area contributed by atoms with E-state index in [0.717, 1.165) is 18.2 Å². The lowest BCUT2D eigenvalue weighted by molar-refractivity contribution is -0.152. The highest BCUT2D eigenvalue weighted by atomic mass is 79.9. The molecule has 1 aromatic carbocycles. The summed E-state index contributed by atoms with van der Waals surface area (Å²) in [7, 11) is 0. The van der Waals surface area contributed by atoms with E-state index in [2.05, 4.69) is 15.9 Å². The van der Waals surface area contributed by atoms with Gasteiger partial charge in [-0.05, 0) is 49.9 Å². The maximum atomic E-state index is 13.4. The first-order chi connectivity index (χ1) is 10.0. The fourth-order valence-electron chi connectivity index (χ4n) is 2.85. The van der Waals surface area contributed by atoms with Gasteiger partial charge in [0.2, 0.25) is 0 Å². The van der Waals surface area contributed by atoms with E-state index in [1.807, 2.05) is 0 Å². The van der Waals surface area contributed by atoms with Crippen LogP contribution < -0.4 is 0 Å². The molecule has 21 heavy (non-hydrogen) atoms. The van der Waals surface area contributed by atoms with E-state index < -0.39 is 11.4 Å². The summed E-state index contributed by atoms with van der Waals surface area (Å²) in [6, 6.07) is 4.08. The third kappa shape index (κ3) is 3.03. The molecule has 1 aliphatic carbocycles. The second-order valence-corrected chi connectivity index (χ2v) is 6.05. The van der Waals surface area contributed by atoms with Crippen LogP contribution in [0.5, 0.6) is 0 Å². The molecule has 1 unspecified atom stereocenters. The maximum Gasteiger partial charge on any atom is 0.320 e. The van der Waals surface area contributed by atoms with Crippen LogP contribution in [0.3, 0.4) is 0 Å². The standard InChI is InChI=1S/C16H18BrFO3/c1-2-21-15(20)16(7-3-4-8-17)10-11-9-12(18)5-6-13(11)14(16)19/h5-6,9H,2-4,7-8,10H2,1H3. The zero-order valence-corrected chi connectivity index (χ0v) is 13.5. The van der Waals surface area contributed by atoms with Crippen LogP contribution >= 0.6 is 15.9 Å². The van der Waals surface area contributed by atoms with E-state index in [1.54, 1.807) is 6.92 Å². The van der Waals surface area contributed by atoms with Gasteiger partial charge in [-0.2, -0.15) is 0 Å². The third-order valence-corrected chi connectivity index (χ3v) is 4.45. The smallest absolute Gasteiger partial charge is 0.320 e. The zero-order valence-electron chi connectivity index (χ0n) is 12.0. The predicted molar refractivity (Wildman–Crippen MR) is 81.1 cm³/mol. The molecular formula is C16H18BrFO3. The fourth-order valence-corrected chi connectivity index (χ4v) is 3.25. The van der Waals surface area contributed by atoms with Crippen molar-refractivity contribution < 1.29 is 18.7 Å². The van der Waals surface area contributed by atoms with Gasteiger partial charge in [0.25, 0.3) is 0 Å². The first kappa shape index (κ1) is 16.1. The highest BCUT2D eigenvalue weighted by molar-refractivity contribution is 9.09. The van der Waals surface area contributed by atoms with Crippen LogP contribution in [0.15, 0.2) is 18.2 Å². The Hall–Kier alpha value is -1.23. The lowest BCUT2D eigenvalue weighted by Gasteiger charge is -2.24. The number of rotatable bonds is 6. The summed E-state index contributed by atoms with van der Waals surface area (Å²) < 4.78 is 18.5. The van der Waals surface area contributed by atoms with Crippen molar-refractivity contribution in [1.29, 1.82) is 0 Å². The number of fused-ring (bicyclic) bond motifs is 1. The molecule has 0 aliphatic heterocycles. The Morgan fingerprint density at radius 1 is 1.43 bits per heavy atom. The van der Waals surface area contributed by atoms with Crippen molar-refractivity contribution in [3.05, 3.63) is 35.1 Å². The number of hydrogen-bond acceptors (Lipinski definition) is 3. The number of ether oxygens (including phenoxy) is 1. The zero-order chi connectivity index (χ0) is 15.5. The number of benzene rings is 1. The van der Waals surface area contributed by atoms with E-state index in [4.69, 9.17) is 4.74 Å². The topological polar surface area (TPSA) is 43.4 Å². The van der Waals surface area contributed by atoms with Gasteiger partial charge in [0.1, 0.15) is 11.2 Å². The highest BCUT2D eigenvalue weighted by Gasteiger charge is 2.52. The Kier molecular flexibility index (Phi) is 5.14. The number of unbranched alkanes of at least 4 members (excludes halogenated alkanes) is 1. The first-order valence-electron chi connectivity index (χ1n) is 7.11. The molecule has 114 valence electrons. The molecule has 5 heteroatoms. The molecule has 3 nitrogen and oxygen atoms in total. The average molecular weight is 357 g/mol. The van der Waals surface area contributed by atoms with Crippen LogP contribution in [0.4, 0.5) is 4.39 Å².